The lowest BCUT2D eigenvalue weighted by Crippen LogP contribution is -2.33. The molecule has 0 bridgehead atoms. The second-order valence-electron chi connectivity index (χ2n) is 5.25. The van der Waals surface area contributed by atoms with Gasteiger partial charge in [0.2, 0.25) is 0 Å². The first-order valence-electron chi connectivity index (χ1n) is 7.11. The van der Waals surface area contributed by atoms with Crippen LogP contribution in [0.15, 0.2) is 6.07 Å². The van der Waals surface area contributed by atoms with Gasteiger partial charge >= 0.3 is 0 Å². The molecule has 0 radical (unpaired) electrons. The Labute approximate surface area is 119 Å². The van der Waals surface area contributed by atoms with Crippen LogP contribution in [-0.4, -0.2) is 41.1 Å². The summed E-state index contributed by atoms with van der Waals surface area (Å²) < 4.78 is 12.8. The third-order valence-electron chi connectivity index (χ3n) is 3.43. The van der Waals surface area contributed by atoms with Crippen molar-refractivity contribution in [3.05, 3.63) is 11.8 Å². The van der Waals surface area contributed by atoms with Gasteiger partial charge in [0.05, 0.1) is 18.4 Å². The largest absolute Gasteiger partial charge is 0.376 e. The minimum absolute atomic E-state index is 0.123. The van der Waals surface area contributed by atoms with Crippen LogP contribution in [0.3, 0.4) is 0 Å². The number of rotatable bonds is 5. The Bertz CT molecular complexity index is 453. The quantitative estimate of drug-likeness (QED) is 0.891. The summed E-state index contributed by atoms with van der Waals surface area (Å²) in [6.45, 7) is 4.90. The zero-order chi connectivity index (χ0) is 14.5. The number of amides is 1. The third kappa shape index (κ3) is 4.05. The molecule has 112 valence electrons. The Balaban J connectivity index is 1.78. The zero-order valence-corrected chi connectivity index (χ0v) is 12.4. The van der Waals surface area contributed by atoms with E-state index in [4.69, 9.17) is 9.47 Å². The lowest BCUT2D eigenvalue weighted by molar-refractivity contribution is -0.130. The van der Waals surface area contributed by atoms with Gasteiger partial charge in [0, 0.05) is 19.7 Å². The van der Waals surface area contributed by atoms with E-state index in [0.717, 1.165) is 25.1 Å². The summed E-state index contributed by atoms with van der Waals surface area (Å²) in [5.74, 6) is 0.515. The Hall–Kier alpha value is -1.40. The second kappa shape index (κ2) is 6.85. The van der Waals surface area contributed by atoms with Crippen LogP contribution in [-0.2, 0) is 21.3 Å². The van der Waals surface area contributed by atoms with Gasteiger partial charge in [-0.15, -0.1) is 0 Å². The van der Waals surface area contributed by atoms with Gasteiger partial charge in [0.25, 0.3) is 5.91 Å². The molecule has 1 fully saturated rings. The van der Waals surface area contributed by atoms with Crippen LogP contribution in [0.2, 0.25) is 0 Å². The van der Waals surface area contributed by atoms with Crippen molar-refractivity contribution in [3.8, 4) is 0 Å². The molecule has 0 spiro atoms. The summed E-state index contributed by atoms with van der Waals surface area (Å²) in [5.41, 5.74) is 0.868. The van der Waals surface area contributed by atoms with Crippen molar-refractivity contribution in [3.63, 3.8) is 0 Å². The molecule has 2 rings (SSSR count). The summed E-state index contributed by atoms with van der Waals surface area (Å²) in [6, 6.07) is 1.83. The van der Waals surface area contributed by atoms with Crippen LogP contribution >= 0.6 is 0 Å². The maximum Gasteiger partial charge on any atom is 0.254 e. The predicted octanol–water partition coefficient (Wildman–Crippen LogP) is 1.64. The van der Waals surface area contributed by atoms with E-state index in [1.807, 2.05) is 13.0 Å². The summed E-state index contributed by atoms with van der Waals surface area (Å²) in [6.07, 6.45) is 2.92. The molecule has 0 aromatic carbocycles. The molecule has 20 heavy (non-hydrogen) atoms. The van der Waals surface area contributed by atoms with Gasteiger partial charge in [-0.25, -0.2) is 0 Å². The normalized spacial score (nSPS) is 20.6. The smallest absolute Gasteiger partial charge is 0.254 e. The Morgan fingerprint density at radius 3 is 3.05 bits per heavy atom. The summed E-state index contributed by atoms with van der Waals surface area (Å²) >= 11 is 0. The molecule has 2 heterocycles. The fourth-order valence-corrected chi connectivity index (χ4v) is 2.22. The number of carbonyl (C=O) groups excluding carboxylic acids is 1. The number of carbonyl (C=O) groups is 1. The van der Waals surface area contributed by atoms with Crippen LogP contribution < -0.4 is 5.32 Å². The molecule has 1 N–H and O–H groups in total. The van der Waals surface area contributed by atoms with E-state index in [0.29, 0.717) is 12.4 Å². The fourth-order valence-electron chi connectivity index (χ4n) is 2.22. The predicted molar refractivity (Wildman–Crippen MR) is 75.6 cm³/mol. The number of aryl methyl sites for hydroxylation is 2. The van der Waals surface area contributed by atoms with E-state index in [1.54, 1.807) is 18.7 Å². The molecule has 2 atom stereocenters. The Kier molecular flexibility index (Phi) is 5.14. The van der Waals surface area contributed by atoms with Gasteiger partial charge in [0.1, 0.15) is 11.9 Å². The molecule has 0 saturated carbocycles. The number of hydrogen-bond donors (Lipinski definition) is 1. The molecular weight excluding hydrogens is 258 g/mol. The minimum atomic E-state index is -0.504. The number of hydrogen-bond acceptors (Lipinski definition) is 4. The van der Waals surface area contributed by atoms with Gasteiger partial charge < -0.3 is 14.8 Å². The summed E-state index contributed by atoms with van der Waals surface area (Å²) in [4.78, 5) is 12.0. The first kappa shape index (κ1) is 15.0. The maximum absolute atomic E-state index is 12.0. The Morgan fingerprint density at radius 2 is 2.45 bits per heavy atom. The Morgan fingerprint density at radius 1 is 1.65 bits per heavy atom. The first-order valence-corrected chi connectivity index (χ1v) is 7.11. The van der Waals surface area contributed by atoms with E-state index >= 15 is 0 Å². The zero-order valence-electron chi connectivity index (χ0n) is 12.4. The second-order valence-corrected chi connectivity index (χ2v) is 5.25. The summed E-state index contributed by atoms with van der Waals surface area (Å²) in [5, 5.41) is 7.00. The molecule has 6 nitrogen and oxygen atoms in total. The van der Waals surface area contributed by atoms with Crippen molar-refractivity contribution in [2.24, 2.45) is 7.05 Å². The number of anilines is 1. The first-order chi connectivity index (χ1) is 9.56. The van der Waals surface area contributed by atoms with E-state index in [1.165, 1.54) is 6.42 Å². The third-order valence-corrected chi connectivity index (χ3v) is 3.43. The molecule has 0 aliphatic carbocycles. The average Bonchev–Trinajstić information content (AvgIpc) is 2.75. The highest BCUT2D eigenvalue weighted by Gasteiger charge is 2.19. The van der Waals surface area contributed by atoms with E-state index in [2.05, 4.69) is 10.4 Å². The molecule has 1 aromatic heterocycles. The number of ether oxygens (including phenoxy) is 2. The monoisotopic (exact) mass is 281 g/mol. The van der Waals surface area contributed by atoms with E-state index in [9.17, 15) is 4.79 Å². The van der Waals surface area contributed by atoms with Crippen molar-refractivity contribution < 1.29 is 14.3 Å². The lowest BCUT2D eigenvalue weighted by Gasteiger charge is -2.23. The van der Waals surface area contributed by atoms with Crippen LogP contribution in [0.1, 0.15) is 31.9 Å². The molecule has 0 unspecified atom stereocenters. The van der Waals surface area contributed by atoms with Gasteiger partial charge in [-0.05, 0) is 33.1 Å². The van der Waals surface area contributed by atoms with Crippen molar-refractivity contribution >= 4 is 11.7 Å². The van der Waals surface area contributed by atoms with Gasteiger partial charge in [0.15, 0.2) is 0 Å². The fraction of sp³-hybridized carbons (Fsp3) is 0.714. The topological polar surface area (TPSA) is 65.4 Å². The van der Waals surface area contributed by atoms with Gasteiger partial charge in [-0.2, -0.15) is 5.10 Å². The molecular formula is C14H23N3O3. The standard InChI is InChI=1S/C14H23N3O3/c1-10-8-13(17(3)16-10)15-14(18)11(2)20-9-12-6-4-5-7-19-12/h8,11-12H,4-7,9H2,1-3H3,(H,15,18)/t11-,12+/m1/s1. The van der Waals surface area contributed by atoms with Crippen molar-refractivity contribution in [2.45, 2.75) is 45.3 Å². The molecule has 1 aliphatic heterocycles. The highest BCUT2D eigenvalue weighted by atomic mass is 16.5. The maximum atomic E-state index is 12.0. The van der Waals surface area contributed by atoms with Crippen LogP contribution in [0, 0.1) is 6.92 Å². The molecule has 1 aliphatic rings. The SMILES string of the molecule is Cc1cc(NC(=O)[C@@H](C)OC[C@@H]2CCCCO2)n(C)n1. The average molecular weight is 281 g/mol. The number of aromatic nitrogens is 2. The van der Waals surface area contributed by atoms with Gasteiger partial charge in [-0.1, -0.05) is 0 Å². The molecule has 1 aromatic rings. The number of nitrogens with zero attached hydrogens (tertiary/aromatic N) is 2. The molecule has 1 saturated heterocycles. The highest BCUT2D eigenvalue weighted by molar-refractivity contribution is 5.93. The highest BCUT2D eigenvalue weighted by Crippen LogP contribution is 2.14. The number of nitrogens with one attached hydrogen (secondary N) is 1. The minimum Gasteiger partial charge on any atom is -0.376 e. The van der Waals surface area contributed by atoms with E-state index < -0.39 is 6.10 Å². The molecule has 1 amide bonds. The summed E-state index contributed by atoms with van der Waals surface area (Å²) in [7, 11) is 1.80. The van der Waals surface area contributed by atoms with Crippen LogP contribution in [0.25, 0.3) is 0 Å². The van der Waals surface area contributed by atoms with Gasteiger partial charge in [-0.3, -0.25) is 9.48 Å². The molecule has 6 heteroatoms. The lowest BCUT2D eigenvalue weighted by atomic mass is 10.1. The van der Waals surface area contributed by atoms with Crippen molar-refractivity contribution in [2.75, 3.05) is 18.5 Å². The van der Waals surface area contributed by atoms with Crippen LogP contribution in [0.5, 0.6) is 0 Å². The van der Waals surface area contributed by atoms with Crippen molar-refractivity contribution in [1.82, 2.24) is 9.78 Å². The van der Waals surface area contributed by atoms with Crippen molar-refractivity contribution in [1.29, 1.82) is 0 Å². The van der Waals surface area contributed by atoms with E-state index in [-0.39, 0.29) is 12.0 Å². The van der Waals surface area contributed by atoms with Crippen LogP contribution in [0.4, 0.5) is 5.82 Å².